The maximum atomic E-state index is 12.9. The lowest BCUT2D eigenvalue weighted by molar-refractivity contribution is -0.154. The Hall–Kier alpha value is -2.62. The predicted octanol–water partition coefficient (Wildman–Crippen LogP) is 3.11. The number of carbonyl (C=O) groups is 1. The summed E-state index contributed by atoms with van der Waals surface area (Å²) in [4.78, 5) is 16.6. The summed E-state index contributed by atoms with van der Waals surface area (Å²) in [6, 6.07) is 8.94. The molecule has 1 atom stereocenters. The highest BCUT2D eigenvalue weighted by molar-refractivity contribution is 7.88. The standard InChI is InChI=1S/C18H17F3N2O4S/c1-28(25,26)23(15-8-6-12-4-2-3-5-14(12)15)17(24)13-7-9-16(22-10-13)27-11-18(19,20)21/h2-5,7,9-10,15H,6,8,11H2,1H3. The number of aromatic nitrogens is 1. The van der Waals surface area contributed by atoms with Crippen LogP contribution in [0.1, 0.15) is 33.9 Å². The van der Waals surface area contributed by atoms with Crippen LogP contribution in [-0.4, -0.2) is 42.7 Å². The van der Waals surface area contributed by atoms with Gasteiger partial charge < -0.3 is 4.74 Å². The lowest BCUT2D eigenvalue weighted by Crippen LogP contribution is -2.38. The molecule has 150 valence electrons. The fraction of sp³-hybridized carbons (Fsp3) is 0.333. The van der Waals surface area contributed by atoms with E-state index < -0.39 is 34.8 Å². The van der Waals surface area contributed by atoms with Gasteiger partial charge in [0.05, 0.1) is 17.9 Å². The summed E-state index contributed by atoms with van der Waals surface area (Å²) in [5.41, 5.74) is 1.68. The Labute approximate surface area is 160 Å². The van der Waals surface area contributed by atoms with Gasteiger partial charge in [-0.3, -0.25) is 4.79 Å². The average Bonchev–Trinajstić information content (AvgIpc) is 3.02. The minimum atomic E-state index is -4.51. The fourth-order valence-corrected chi connectivity index (χ4v) is 4.26. The molecule has 0 fully saturated rings. The lowest BCUT2D eigenvalue weighted by Gasteiger charge is -2.27. The highest BCUT2D eigenvalue weighted by Crippen LogP contribution is 2.37. The van der Waals surface area contributed by atoms with Crippen LogP contribution in [-0.2, 0) is 16.4 Å². The van der Waals surface area contributed by atoms with E-state index >= 15 is 0 Å². The van der Waals surface area contributed by atoms with Crippen molar-refractivity contribution in [2.75, 3.05) is 12.9 Å². The second-order valence-corrected chi connectivity index (χ2v) is 8.27. The molecule has 0 saturated heterocycles. The van der Waals surface area contributed by atoms with Gasteiger partial charge in [-0.25, -0.2) is 17.7 Å². The normalized spacial score (nSPS) is 16.5. The van der Waals surface area contributed by atoms with Crippen molar-refractivity contribution in [2.45, 2.75) is 25.1 Å². The average molecular weight is 414 g/mol. The third kappa shape index (κ3) is 4.44. The van der Waals surface area contributed by atoms with Gasteiger partial charge in [-0.2, -0.15) is 13.2 Å². The zero-order valence-electron chi connectivity index (χ0n) is 14.8. The summed E-state index contributed by atoms with van der Waals surface area (Å²) in [6.07, 6.45) is -1.47. The minimum Gasteiger partial charge on any atom is -0.468 e. The first-order chi connectivity index (χ1) is 13.1. The van der Waals surface area contributed by atoms with E-state index in [1.807, 2.05) is 12.1 Å². The van der Waals surface area contributed by atoms with Gasteiger partial charge >= 0.3 is 6.18 Å². The van der Waals surface area contributed by atoms with E-state index in [2.05, 4.69) is 9.72 Å². The number of aryl methyl sites for hydroxylation is 1. The van der Waals surface area contributed by atoms with E-state index in [0.717, 1.165) is 34.0 Å². The monoisotopic (exact) mass is 414 g/mol. The molecule has 0 aliphatic heterocycles. The van der Waals surface area contributed by atoms with Crippen molar-refractivity contribution in [1.82, 2.24) is 9.29 Å². The van der Waals surface area contributed by atoms with Crippen molar-refractivity contribution >= 4 is 15.9 Å². The summed E-state index contributed by atoms with van der Waals surface area (Å²) in [5, 5.41) is 0. The van der Waals surface area contributed by atoms with Gasteiger partial charge in [0.1, 0.15) is 0 Å². The zero-order chi connectivity index (χ0) is 20.5. The van der Waals surface area contributed by atoms with Crippen molar-refractivity contribution in [1.29, 1.82) is 0 Å². The number of hydrogen-bond acceptors (Lipinski definition) is 5. The maximum Gasteiger partial charge on any atom is 0.422 e. The molecule has 1 aliphatic carbocycles. The highest BCUT2D eigenvalue weighted by atomic mass is 32.2. The molecule has 0 N–H and O–H groups in total. The molecule has 1 amide bonds. The van der Waals surface area contributed by atoms with Crippen molar-refractivity contribution in [2.24, 2.45) is 0 Å². The first-order valence-electron chi connectivity index (χ1n) is 8.33. The van der Waals surface area contributed by atoms with Crippen molar-refractivity contribution in [3.8, 4) is 5.88 Å². The van der Waals surface area contributed by atoms with Crippen molar-refractivity contribution in [3.63, 3.8) is 0 Å². The molecule has 0 spiro atoms. The number of halogens is 3. The number of benzene rings is 1. The van der Waals surface area contributed by atoms with Crippen LogP contribution < -0.4 is 4.74 Å². The molecular formula is C18H17F3N2O4S. The first-order valence-corrected chi connectivity index (χ1v) is 10.2. The molecule has 10 heteroatoms. The molecule has 1 aliphatic rings. The zero-order valence-corrected chi connectivity index (χ0v) is 15.6. The number of rotatable bonds is 5. The molecule has 28 heavy (non-hydrogen) atoms. The molecule has 2 aromatic rings. The van der Waals surface area contributed by atoms with Crippen LogP contribution in [0.3, 0.4) is 0 Å². The van der Waals surface area contributed by atoms with Crippen LogP contribution in [0.25, 0.3) is 0 Å². The predicted molar refractivity (Wildman–Crippen MR) is 94.3 cm³/mol. The lowest BCUT2D eigenvalue weighted by atomic mass is 10.1. The van der Waals surface area contributed by atoms with Gasteiger partial charge in [-0.05, 0) is 30.0 Å². The van der Waals surface area contributed by atoms with E-state index in [1.54, 1.807) is 12.1 Å². The molecule has 0 bridgehead atoms. The molecule has 1 heterocycles. The van der Waals surface area contributed by atoms with Crippen LogP contribution in [0, 0.1) is 0 Å². The van der Waals surface area contributed by atoms with Gasteiger partial charge in [0.2, 0.25) is 15.9 Å². The van der Waals surface area contributed by atoms with E-state index in [-0.39, 0.29) is 11.4 Å². The van der Waals surface area contributed by atoms with Gasteiger partial charge in [0, 0.05) is 12.3 Å². The molecule has 1 aromatic heterocycles. The van der Waals surface area contributed by atoms with E-state index in [1.165, 1.54) is 6.07 Å². The third-order valence-corrected chi connectivity index (χ3v) is 5.44. The molecule has 1 unspecified atom stereocenters. The van der Waals surface area contributed by atoms with Gasteiger partial charge in [0.25, 0.3) is 5.91 Å². The molecular weight excluding hydrogens is 397 g/mol. The molecule has 0 saturated carbocycles. The van der Waals surface area contributed by atoms with E-state index in [9.17, 15) is 26.4 Å². The van der Waals surface area contributed by atoms with Crippen LogP contribution in [0.4, 0.5) is 13.2 Å². The number of alkyl halides is 3. The topological polar surface area (TPSA) is 76.6 Å². The van der Waals surface area contributed by atoms with Gasteiger partial charge in [-0.15, -0.1) is 0 Å². The molecule has 0 radical (unpaired) electrons. The van der Waals surface area contributed by atoms with Crippen LogP contribution in [0.2, 0.25) is 0 Å². The number of fused-ring (bicyclic) bond motifs is 1. The summed E-state index contributed by atoms with van der Waals surface area (Å²) in [7, 11) is -3.90. The van der Waals surface area contributed by atoms with Crippen LogP contribution in [0.5, 0.6) is 5.88 Å². The summed E-state index contributed by atoms with van der Waals surface area (Å²) >= 11 is 0. The minimum absolute atomic E-state index is 0.0610. The number of pyridine rings is 1. The Bertz CT molecular complexity index is 975. The second kappa shape index (κ2) is 7.42. The first kappa shape index (κ1) is 20.1. The number of sulfonamides is 1. The maximum absolute atomic E-state index is 12.9. The summed E-state index contributed by atoms with van der Waals surface area (Å²) in [6.45, 7) is -1.51. The van der Waals surface area contributed by atoms with E-state index in [0.29, 0.717) is 12.8 Å². The largest absolute Gasteiger partial charge is 0.468 e. The number of carbonyl (C=O) groups excluding carboxylic acids is 1. The Morgan fingerprint density at radius 3 is 2.57 bits per heavy atom. The number of hydrogen-bond donors (Lipinski definition) is 0. The molecule has 6 nitrogen and oxygen atoms in total. The quantitative estimate of drug-likeness (QED) is 0.752. The Balaban J connectivity index is 1.86. The van der Waals surface area contributed by atoms with E-state index in [4.69, 9.17) is 0 Å². The Kier molecular flexibility index (Phi) is 5.33. The van der Waals surface area contributed by atoms with Gasteiger partial charge in [0.15, 0.2) is 6.61 Å². The fourth-order valence-electron chi connectivity index (χ4n) is 3.18. The second-order valence-electron chi connectivity index (χ2n) is 6.41. The third-order valence-electron chi connectivity index (χ3n) is 4.31. The van der Waals surface area contributed by atoms with Crippen molar-refractivity contribution < 1.29 is 31.1 Å². The van der Waals surface area contributed by atoms with Gasteiger partial charge in [-0.1, -0.05) is 24.3 Å². The number of ether oxygens (including phenoxy) is 1. The summed E-state index contributed by atoms with van der Waals surface area (Å²) in [5.74, 6) is -1.11. The smallest absolute Gasteiger partial charge is 0.422 e. The Morgan fingerprint density at radius 2 is 1.96 bits per heavy atom. The highest BCUT2D eigenvalue weighted by Gasteiger charge is 2.37. The van der Waals surface area contributed by atoms with Crippen molar-refractivity contribution in [3.05, 3.63) is 59.3 Å². The van der Waals surface area contributed by atoms with Crippen LogP contribution in [0.15, 0.2) is 42.6 Å². The molecule has 3 rings (SSSR count). The van der Waals surface area contributed by atoms with Crippen LogP contribution >= 0.6 is 0 Å². The Morgan fingerprint density at radius 1 is 1.25 bits per heavy atom. The number of amides is 1. The SMILES string of the molecule is CS(=O)(=O)N(C(=O)c1ccc(OCC(F)(F)F)nc1)C1CCc2ccccc21. The summed E-state index contributed by atoms with van der Waals surface area (Å²) < 4.78 is 66.6. The number of nitrogens with zero attached hydrogens (tertiary/aromatic N) is 2. The molecule has 1 aromatic carbocycles.